The molecule has 2 amide bonds. The van der Waals surface area contributed by atoms with E-state index < -0.39 is 12.4 Å². The van der Waals surface area contributed by atoms with Crippen LogP contribution in [0.5, 0.6) is 5.75 Å². The third-order valence-corrected chi connectivity index (χ3v) is 3.79. The SMILES string of the molecule is CCC(=O)Nc1cccc(OC(=O)N(CC(OC)OC)c2ccccc2)c1. The van der Waals surface area contributed by atoms with Crippen LogP contribution in [0, 0.1) is 0 Å². The predicted octanol–water partition coefficient (Wildman–Crippen LogP) is 3.66. The van der Waals surface area contributed by atoms with Gasteiger partial charge in [-0.2, -0.15) is 0 Å². The molecule has 0 spiro atoms. The number of anilines is 2. The van der Waals surface area contributed by atoms with Gasteiger partial charge in [-0.25, -0.2) is 4.79 Å². The Morgan fingerprint density at radius 3 is 2.37 bits per heavy atom. The molecule has 144 valence electrons. The largest absolute Gasteiger partial charge is 0.419 e. The number of benzene rings is 2. The second kappa shape index (κ2) is 10.3. The molecule has 0 unspecified atom stereocenters. The van der Waals surface area contributed by atoms with Crippen LogP contribution in [0.25, 0.3) is 0 Å². The van der Waals surface area contributed by atoms with Crippen LogP contribution in [0.2, 0.25) is 0 Å². The van der Waals surface area contributed by atoms with Crippen molar-refractivity contribution in [1.29, 1.82) is 0 Å². The minimum atomic E-state index is -0.604. The Labute approximate surface area is 158 Å². The number of carbonyl (C=O) groups excluding carboxylic acids is 2. The van der Waals surface area contributed by atoms with Crippen LogP contribution in [0.3, 0.4) is 0 Å². The highest BCUT2D eigenvalue weighted by Gasteiger charge is 2.22. The molecule has 2 aromatic carbocycles. The van der Waals surface area contributed by atoms with Crippen molar-refractivity contribution in [2.45, 2.75) is 19.6 Å². The number of carbonyl (C=O) groups is 2. The number of rotatable bonds is 8. The highest BCUT2D eigenvalue weighted by molar-refractivity contribution is 5.91. The molecule has 0 fully saturated rings. The summed E-state index contributed by atoms with van der Waals surface area (Å²) in [5, 5.41) is 2.73. The third kappa shape index (κ3) is 6.09. The van der Waals surface area contributed by atoms with Gasteiger partial charge in [-0.05, 0) is 24.3 Å². The third-order valence-electron chi connectivity index (χ3n) is 3.79. The van der Waals surface area contributed by atoms with Crippen LogP contribution in [0.4, 0.5) is 16.2 Å². The number of hydrogen-bond acceptors (Lipinski definition) is 5. The highest BCUT2D eigenvalue weighted by atomic mass is 16.7. The van der Waals surface area contributed by atoms with Gasteiger partial charge < -0.3 is 19.5 Å². The van der Waals surface area contributed by atoms with Gasteiger partial charge in [0.1, 0.15) is 5.75 Å². The van der Waals surface area contributed by atoms with Crippen LogP contribution in [0.1, 0.15) is 13.3 Å². The maximum atomic E-state index is 12.8. The molecule has 0 saturated heterocycles. The van der Waals surface area contributed by atoms with Crippen molar-refractivity contribution in [3.63, 3.8) is 0 Å². The van der Waals surface area contributed by atoms with E-state index in [0.29, 0.717) is 23.5 Å². The summed E-state index contributed by atoms with van der Waals surface area (Å²) in [5.41, 5.74) is 1.21. The molecule has 7 nitrogen and oxygen atoms in total. The van der Waals surface area contributed by atoms with E-state index in [9.17, 15) is 9.59 Å². The quantitative estimate of drug-likeness (QED) is 0.716. The van der Waals surface area contributed by atoms with Crippen LogP contribution >= 0.6 is 0 Å². The molecule has 0 saturated carbocycles. The average Bonchev–Trinajstić information content (AvgIpc) is 2.69. The van der Waals surface area contributed by atoms with Gasteiger partial charge in [0.15, 0.2) is 6.29 Å². The number of nitrogens with one attached hydrogen (secondary N) is 1. The van der Waals surface area contributed by atoms with Crippen LogP contribution in [0.15, 0.2) is 54.6 Å². The summed E-state index contributed by atoms with van der Waals surface area (Å²) >= 11 is 0. The fourth-order valence-corrected chi connectivity index (χ4v) is 2.33. The smallest absolute Gasteiger partial charge is 0.410 e. The van der Waals surface area contributed by atoms with E-state index in [1.807, 2.05) is 18.2 Å². The van der Waals surface area contributed by atoms with Crippen molar-refractivity contribution >= 4 is 23.4 Å². The van der Waals surface area contributed by atoms with E-state index in [-0.39, 0.29) is 12.5 Å². The van der Waals surface area contributed by atoms with Gasteiger partial charge in [0, 0.05) is 38.1 Å². The first-order valence-electron chi connectivity index (χ1n) is 8.57. The zero-order chi connectivity index (χ0) is 19.6. The summed E-state index contributed by atoms with van der Waals surface area (Å²) in [5.74, 6) is 0.202. The van der Waals surface area contributed by atoms with Crippen molar-refractivity contribution < 1.29 is 23.8 Å². The molecule has 27 heavy (non-hydrogen) atoms. The second-order valence-corrected chi connectivity index (χ2v) is 5.64. The van der Waals surface area contributed by atoms with Crippen molar-refractivity contribution in [2.24, 2.45) is 0 Å². The summed E-state index contributed by atoms with van der Waals surface area (Å²) in [7, 11) is 3.01. The minimum absolute atomic E-state index is 0.118. The Balaban J connectivity index is 2.18. The van der Waals surface area contributed by atoms with E-state index in [4.69, 9.17) is 14.2 Å². The van der Waals surface area contributed by atoms with E-state index in [2.05, 4.69) is 5.32 Å². The summed E-state index contributed by atoms with van der Waals surface area (Å²) in [6, 6.07) is 15.8. The molecule has 0 aliphatic heterocycles. The predicted molar refractivity (Wildman–Crippen MR) is 103 cm³/mol. The van der Waals surface area contributed by atoms with Gasteiger partial charge in [-0.15, -0.1) is 0 Å². The first-order valence-corrected chi connectivity index (χ1v) is 8.57. The lowest BCUT2D eigenvalue weighted by Crippen LogP contribution is -2.40. The zero-order valence-corrected chi connectivity index (χ0v) is 15.7. The molecule has 2 rings (SSSR count). The van der Waals surface area contributed by atoms with Crippen molar-refractivity contribution in [3.8, 4) is 5.75 Å². The highest BCUT2D eigenvalue weighted by Crippen LogP contribution is 2.21. The van der Waals surface area contributed by atoms with Gasteiger partial charge in [0.2, 0.25) is 5.91 Å². The zero-order valence-electron chi connectivity index (χ0n) is 15.7. The van der Waals surface area contributed by atoms with Crippen molar-refractivity contribution in [1.82, 2.24) is 0 Å². The van der Waals surface area contributed by atoms with E-state index >= 15 is 0 Å². The van der Waals surface area contributed by atoms with E-state index in [1.54, 1.807) is 43.3 Å². The summed E-state index contributed by atoms with van der Waals surface area (Å²) in [4.78, 5) is 25.7. The Morgan fingerprint density at radius 1 is 1.04 bits per heavy atom. The normalized spacial score (nSPS) is 10.5. The van der Waals surface area contributed by atoms with Crippen molar-refractivity contribution in [3.05, 3.63) is 54.6 Å². The molecule has 0 aliphatic rings. The lowest BCUT2D eigenvalue weighted by molar-refractivity contribution is -0.115. The topological polar surface area (TPSA) is 77.1 Å². The minimum Gasteiger partial charge on any atom is -0.410 e. The summed E-state index contributed by atoms with van der Waals surface area (Å²) in [6.45, 7) is 1.92. The average molecular weight is 372 g/mol. The molecule has 2 aromatic rings. The van der Waals surface area contributed by atoms with E-state index in [0.717, 1.165) is 0 Å². The number of ether oxygens (including phenoxy) is 3. The Kier molecular flexibility index (Phi) is 7.79. The Morgan fingerprint density at radius 2 is 1.74 bits per heavy atom. The number of nitrogens with zero attached hydrogens (tertiary/aromatic N) is 1. The molecule has 0 atom stereocenters. The fraction of sp³-hybridized carbons (Fsp3) is 0.300. The summed E-state index contributed by atoms with van der Waals surface area (Å²) in [6.07, 6.45) is -0.825. The van der Waals surface area contributed by atoms with Crippen LogP contribution in [-0.4, -0.2) is 39.1 Å². The number of amides is 2. The Hall–Kier alpha value is -2.90. The number of para-hydroxylation sites is 1. The molecule has 1 N–H and O–H groups in total. The monoisotopic (exact) mass is 372 g/mol. The summed E-state index contributed by atoms with van der Waals surface area (Å²) < 4.78 is 15.9. The molecule has 0 bridgehead atoms. The van der Waals surface area contributed by atoms with Gasteiger partial charge in [0.05, 0.1) is 6.54 Å². The van der Waals surface area contributed by atoms with Gasteiger partial charge in [-0.3, -0.25) is 9.69 Å². The first kappa shape index (κ1) is 20.4. The fourth-order valence-electron chi connectivity index (χ4n) is 2.33. The Bertz CT molecular complexity index is 747. The van der Waals surface area contributed by atoms with E-state index in [1.165, 1.54) is 19.1 Å². The maximum Gasteiger partial charge on any atom is 0.419 e. The maximum absolute atomic E-state index is 12.8. The van der Waals surface area contributed by atoms with Crippen LogP contribution < -0.4 is 15.0 Å². The molecule has 0 aliphatic carbocycles. The molecule has 0 aromatic heterocycles. The molecule has 7 heteroatoms. The van der Waals surface area contributed by atoms with Gasteiger partial charge >= 0.3 is 6.09 Å². The standard InChI is InChI=1S/C20H24N2O5/c1-4-18(23)21-15-9-8-12-17(13-15)27-20(24)22(14-19(25-2)26-3)16-10-6-5-7-11-16/h5-13,19H,4,14H2,1-3H3,(H,21,23). The lowest BCUT2D eigenvalue weighted by Gasteiger charge is -2.25. The molecular weight excluding hydrogens is 348 g/mol. The first-order chi connectivity index (χ1) is 13.1. The van der Waals surface area contributed by atoms with Crippen molar-refractivity contribution in [2.75, 3.05) is 31.0 Å². The number of methoxy groups -OCH3 is 2. The lowest BCUT2D eigenvalue weighted by atomic mass is 10.3. The van der Waals surface area contributed by atoms with Gasteiger partial charge in [-0.1, -0.05) is 31.2 Å². The second-order valence-electron chi connectivity index (χ2n) is 5.64. The molecular formula is C20H24N2O5. The number of hydrogen-bond donors (Lipinski definition) is 1. The molecule has 0 radical (unpaired) electrons. The van der Waals surface area contributed by atoms with Gasteiger partial charge in [0.25, 0.3) is 0 Å². The van der Waals surface area contributed by atoms with Crippen LogP contribution in [-0.2, 0) is 14.3 Å². The molecule has 0 heterocycles.